The number of fused-ring (bicyclic) bond motifs is 2. The van der Waals surface area contributed by atoms with Crippen LogP contribution >= 0.6 is 0 Å². The lowest BCUT2D eigenvalue weighted by Gasteiger charge is -2.31. The van der Waals surface area contributed by atoms with Crippen LogP contribution in [0.25, 0.3) is 0 Å². The lowest BCUT2D eigenvalue weighted by atomic mass is 9.92. The SMILES string of the molecule is CC(C)(C)OC(=O)C1NCC2CCC1C2. The van der Waals surface area contributed by atoms with Crippen molar-refractivity contribution in [2.45, 2.75) is 51.7 Å². The Morgan fingerprint density at radius 2 is 2.07 bits per heavy atom. The number of nitrogens with one attached hydrogen (secondary N) is 1. The lowest BCUT2D eigenvalue weighted by molar-refractivity contribution is -0.159. The Morgan fingerprint density at radius 1 is 1.33 bits per heavy atom. The van der Waals surface area contributed by atoms with Crippen LogP contribution in [0, 0.1) is 11.8 Å². The van der Waals surface area contributed by atoms with Gasteiger partial charge in [-0.15, -0.1) is 0 Å². The molecule has 0 aromatic heterocycles. The zero-order chi connectivity index (χ0) is 11.1. The molecule has 1 heterocycles. The molecule has 1 saturated heterocycles. The Kier molecular flexibility index (Phi) is 2.75. The van der Waals surface area contributed by atoms with E-state index in [0.717, 1.165) is 12.5 Å². The van der Waals surface area contributed by atoms with Crippen molar-refractivity contribution in [2.75, 3.05) is 6.54 Å². The predicted molar refractivity (Wildman–Crippen MR) is 58.5 cm³/mol. The van der Waals surface area contributed by atoms with Gasteiger partial charge in [-0.25, -0.2) is 0 Å². The molecule has 1 aliphatic carbocycles. The van der Waals surface area contributed by atoms with Crippen molar-refractivity contribution in [1.82, 2.24) is 5.32 Å². The first-order valence-corrected chi connectivity index (χ1v) is 5.92. The van der Waals surface area contributed by atoms with Crippen molar-refractivity contribution in [1.29, 1.82) is 0 Å². The van der Waals surface area contributed by atoms with Gasteiger partial charge in [-0.1, -0.05) is 0 Å². The number of carbonyl (C=O) groups is 1. The van der Waals surface area contributed by atoms with Crippen LogP contribution in [0.3, 0.4) is 0 Å². The summed E-state index contributed by atoms with van der Waals surface area (Å²) in [5.74, 6) is 1.25. The van der Waals surface area contributed by atoms with E-state index >= 15 is 0 Å². The smallest absolute Gasteiger partial charge is 0.323 e. The third kappa shape index (κ3) is 2.51. The third-order valence-corrected chi connectivity index (χ3v) is 3.34. The van der Waals surface area contributed by atoms with Crippen molar-refractivity contribution in [2.24, 2.45) is 11.8 Å². The van der Waals surface area contributed by atoms with E-state index in [-0.39, 0.29) is 17.6 Å². The number of rotatable bonds is 1. The second-order valence-electron chi connectivity index (χ2n) is 5.86. The maximum Gasteiger partial charge on any atom is 0.323 e. The lowest BCUT2D eigenvalue weighted by Crippen LogP contribution is -2.49. The fourth-order valence-electron chi connectivity index (χ4n) is 2.70. The first-order chi connectivity index (χ1) is 6.96. The van der Waals surface area contributed by atoms with Crippen molar-refractivity contribution in [3.63, 3.8) is 0 Å². The zero-order valence-electron chi connectivity index (χ0n) is 9.88. The van der Waals surface area contributed by atoms with Gasteiger partial charge < -0.3 is 10.1 Å². The fraction of sp³-hybridized carbons (Fsp3) is 0.917. The summed E-state index contributed by atoms with van der Waals surface area (Å²) >= 11 is 0. The Morgan fingerprint density at radius 3 is 2.73 bits per heavy atom. The third-order valence-electron chi connectivity index (χ3n) is 3.34. The Labute approximate surface area is 91.6 Å². The van der Waals surface area contributed by atoms with Gasteiger partial charge >= 0.3 is 5.97 Å². The van der Waals surface area contributed by atoms with Gasteiger partial charge in [0.2, 0.25) is 0 Å². The largest absolute Gasteiger partial charge is 0.459 e. The molecule has 3 atom stereocenters. The highest BCUT2D eigenvalue weighted by Gasteiger charge is 2.40. The molecule has 0 spiro atoms. The van der Waals surface area contributed by atoms with Gasteiger partial charge in [-0.05, 0) is 58.4 Å². The average Bonchev–Trinajstić information content (AvgIpc) is 2.45. The maximum absolute atomic E-state index is 11.9. The first-order valence-electron chi connectivity index (χ1n) is 5.92. The minimum absolute atomic E-state index is 0.0528. The number of ether oxygens (including phenoxy) is 1. The van der Waals surface area contributed by atoms with Crippen LogP contribution in [0.4, 0.5) is 0 Å². The van der Waals surface area contributed by atoms with E-state index in [2.05, 4.69) is 5.32 Å². The fourth-order valence-corrected chi connectivity index (χ4v) is 2.70. The molecular weight excluding hydrogens is 190 g/mol. The number of esters is 1. The highest BCUT2D eigenvalue weighted by atomic mass is 16.6. The summed E-state index contributed by atoms with van der Waals surface area (Å²) in [5.41, 5.74) is -0.367. The second-order valence-corrected chi connectivity index (χ2v) is 5.86. The van der Waals surface area contributed by atoms with E-state index in [1.165, 1.54) is 19.3 Å². The molecule has 2 fully saturated rings. The number of hydrogen-bond acceptors (Lipinski definition) is 3. The average molecular weight is 211 g/mol. The predicted octanol–water partition coefficient (Wildman–Crippen LogP) is 1.72. The van der Waals surface area contributed by atoms with Crippen molar-refractivity contribution < 1.29 is 9.53 Å². The molecule has 86 valence electrons. The zero-order valence-corrected chi connectivity index (χ0v) is 9.88. The summed E-state index contributed by atoms with van der Waals surface area (Å²) in [4.78, 5) is 11.9. The van der Waals surface area contributed by atoms with Gasteiger partial charge in [0, 0.05) is 0 Å². The van der Waals surface area contributed by atoms with E-state index in [1.54, 1.807) is 0 Å². The van der Waals surface area contributed by atoms with E-state index in [1.807, 2.05) is 20.8 Å². The van der Waals surface area contributed by atoms with Gasteiger partial charge in [0.15, 0.2) is 0 Å². The Balaban J connectivity index is 1.95. The van der Waals surface area contributed by atoms with Gasteiger partial charge in [0.25, 0.3) is 0 Å². The molecular formula is C12H21NO2. The van der Waals surface area contributed by atoms with Crippen LogP contribution < -0.4 is 5.32 Å². The van der Waals surface area contributed by atoms with Crippen LogP contribution in [0.1, 0.15) is 40.0 Å². The summed E-state index contributed by atoms with van der Waals surface area (Å²) in [5, 5.41) is 3.33. The first kappa shape index (κ1) is 10.9. The number of hydrogen-bond donors (Lipinski definition) is 1. The van der Waals surface area contributed by atoms with E-state index in [4.69, 9.17) is 4.74 Å². The van der Waals surface area contributed by atoms with Gasteiger partial charge in [0.05, 0.1) is 0 Å². The molecule has 2 aliphatic rings. The summed E-state index contributed by atoms with van der Waals surface area (Å²) in [7, 11) is 0. The molecule has 2 bridgehead atoms. The quantitative estimate of drug-likeness (QED) is 0.671. The summed E-state index contributed by atoms with van der Waals surface area (Å²) < 4.78 is 5.43. The monoisotopic (exact) mass is 211 g/mol. The molecule has 15 heavy (non-hydrogen) atoms. The Hall–Kier alpha value is -0.570. The molecule has 0 amide bonds. The summed E-state index contributed by atoms with van der Waals surface area (Å²) in [6, 6.07) is -0.0528. The molecule has 1 N–H and O–H groups in total. The van der Waals surface area contributed by atoms with Gasteiger partial charge in [0.1, 0.15) is 11.6 Å². The van der Waals surface area contributed by atoms with Crippen LogP contribution in [0.15, 0.2) is 0 Å². The molecule has 3 nitrogen and oxygen atoms in total. The topological polar surface area (TPSA) is 38.3 Å². The van der Waals surface area contributed by atoms with E-state index in [9.17, 15) is 4.79 Å². The molecule has 1 aliphatic heterocycles. The van der Waals surface area contributed by atoms with Crippen LogP contribution in [-0.4, -0.2) is 24.2 Å². The van der Waals surface area contributed by atoms with Crippen LogP contribution in [-0.2, 0) is 9.53 Å². The highest BCUT2D eigenvalue weighted by molar-refractivity contribution is 5.76. The Bertz CT molecular complexity index is 257. The molecule has 2 rings (SSSR count). The standard InChI is InChI=1S/C12H21NO2/c1-12(2,3)15-11(14)10-9-5-4-8(6-9)7-13-10/h8-10,13H,4-7H2,1-3H3. The van der Waals surface area contributed by atoms with Crippen molar-refractivity contribution >= 4 is 5.97 Å². The van der Waals surface area contributed by atoms with Gasteiger partial charge in [-0.3, -0.25) is 4.79 Å². The summed E-state index contributed by atoms with van der Waals surface area (Å²) in [6.45, 7) is 6.75. The molecule has 0 aromatic rings. The second kappa shape index (κ2) is 3.78. The minimum atomic E-state index is -0.367. The number of piperidine rings is 1. The molecule has 0 radical (unpaired) electrons. The van der Waals surface area contributed by atoms with Gasteiger partial charge in [-0.2, -0.15) is 0 Å². The molecule has 3 heteroatoms. The van der Waals surface area contributed by atoms with Crippen molar-refractivity contribution in [3.8, 4) is 0 Å². The molecule has 3 unspecified atom stereocenters. The van der Waals surface area contributed by atoms with E-state index in [0.29, 0.717) is 5.92 Å². The molecule has 1 saturated carbocycles. The maximum atomic E-state index is 11.9. The van der Waals surface area contributed by atoms with Crippen LogP contribution in [0.5, 0.6) is 0 Å². The van der Waals surface area contributed by atoms with Crippen molar-refractivity contribution in [3.05, 3.63) is 0 Å². The summed E-state index contributed by atoms with van der Waals surface area (Å²) in [6.07, 6.45) is 3.66. The highest BCUT2D eigenvalue weighted by Crippen LogP contribution is 2.36. The number of carbonyl (C=O) groups excluding carboxylic acids is 1. The molecule has 0 aromatic carbocycles. The minimum Gasteiger partial charge on any atom is -0.459 e. The van der Waals surface area contributed by atoms with E-state index < -0.39 is 0 Å². The normalized spacial score (nSPS) is 35.3. The van der Waals surface area contributed by atoms with Crippen LogP contribution in [0.2, 0.25) is 0 Å².